The van der Waals surface area contributed by atoms with Crippen molar-refractivity contribution in [1.29, 1.82) is 5.26 Å². The number of carbonyl (C=O) groups is 1. The van der Waals surface area contributed by atoms with E-state index in [9.17, 15) is 9.59 Å². The van der Waals surface area contributed by atoms with Crippen LogP contribution in [0.3, 0.4) is 0 Å². The minimum atomic E-state index is -0.324. The predicted molar refractivity (Wildman–Crippen MR) is 126 cm³/mol. The molecule has 1 atom stereocenters. The van der Waals surface area contributed by atoms with E-state index in [0.29, 0.717) is 29.1 Å². The van der Waals surface area contributed by atoms with Gasteiger partial charge in [-0.05, 0) is 38.5 Å². The first-order valence-corrected chi connectivity index (χ1v) is 12.3. The summed E-state index contributed by atoms with van der Waals surface area (Å²) >= 11 is 4.49. The van der Waals surface area contributed by atoms with Crippen LogP contribution in [0.4, 0.5) is 5.69 Å². The highest BCUT2D eigenvalue weighted by molar-refractivity contribution is 8.00. The maximum absolute atomic E-state index is 12.7. The fraction of sp³-hybridized carbons (Fsp3) is 0.333. The first-order chi connectivity index (χ1) is 14.4. The summed E-state index contributed by atoms with van der Waals surface area (Å²) < 4.78 is 0. The summed E-state index contributed by atoms with van der Waals surface area (Å²) in [6, 6.07) is 9.70. The number of aromatic amines is 1. The van der Waals surface area contributed by atoms with Crippen LogP contribution in [0.1, 0.15) is 29.6 Å². The van der Waals surface area contributed by atoms with Crippen molar-refractivity contribution in [3.8, 4) is 6.07 Å². The Morgan fingerprint density at radius 1 is 1.37 bits per heavy atom. The number of benzene rings is 1. The van der Waals surface area contributed by atoms with E-state index in [-0.39, 0.29) is 16.7 Å². The molecule has 0 aliphatic rings. The van der Waals surface area contributed by atoms with Gasteiger partial charge < -0.3 is 10.3 Å². The van der Waals surface area contributed by atoms with E-state index in [1.54, 1.807) is 11.8 Å². The summed E-state index contributed by atoms with van der Waals surface area (Å²) in [6.07, 6.45) is 0.456. The van der Waals surface area contributed by atoms with Crippen LogP contribution >= 0.6 is 34.9 Å². The summed E-state index contributed by atoms with van der Waals surface area (Å²) in [5.74, 6) is 1.58. The molecule has 1 amide bonds. The summed E-state index contributed by atoms with van der Waals surface area (Å²) in [5.41, 5.74) is 1.59. The number of aryl methyl sites for hydroxylation is 2. The molecular weight excluding hydrogens is 436 g/mol. The van der Waals surface area contributed by atoms with E-state index in [0.717, 1.165) is 25.9 Å². The smallest absolute Gasteiger partial charge is 0.259 e. The third-order valence-corrected chi connectivity index (χ3v) is 7.87. The molecule has 6 nitrogen and oxygen atoms in total. The topological polar surface area (TPSA) is 98.6 Å². The highest BCUT2D eigenvalue weighted by atomic mass is 32.2. The van der Waals surface area contributed by atoms with Crippen LogP contribution in [0.5, 0.6) is 0 Å². The number of nitriles is 1. The maximum Gasteiger partial charge on any atom is 0.259 e. The molecule has 0 saturated heterocycles. The quantitative estimate of drug-likeness (QED) is 0.369. The van der Waals surface area contributed by atoms with Gasteiger partial charge in [-0.15, -0.1) is 34.9 Å². The molecule has 0 aliphatic carbocycles. The predicted octanol–water partition coefficient (Wildman–Crippen LogP) is 4.87. The number of fused-ring (bicyclic) bond motifs is 1. The Bertz CT molecular complexity index is 1160. The van der Waals surface area contributed by atoms with E-state index in [4.69, 9.17) is 5.26 Å². The summed E-state index contributed by atoms with van der Waals surface area (Å²) in [7, 11) is 0. The van der Waals surface area contributed by atoms with Gasteiger partial charge >= 0.3 is 0 Å². The van der Waals surface area contributed by atoms with Gasteiger partial charge in [0.25, 0.3) is 5.56 Å². The second-order valence-electron chi connectivity index (χ2n) is 6.67. The standard InChI is InChI=1S/C21H22N4O2S3/c1-12-13(2)30-21-18(12)20(27)24-17(25-21)11-29-14(3)19(26)23-15-7-4-5-8-16(15)28-10-6-9-22/h4-5,7-8,14H,6,10-11H2,1-3H3,(H,23,26)(H,24,25,27). The lowest BCUT2D eigenvalue weighted by Gasteiger charge is -2.14. The van der Waals surface area contributed by atoms with Crippen molar-refractivity contribution >= 4 is 56.7 Å². The highest BCUT2D eigenvalue weighted by Gasteiger charge is 2.17. The number of hydrogen-bond donors (Lipinski definition) is 2. The molecule has 1 aromatic carbocycles. The van der Waals surface area contributed by atoms with Crippen LogP contribution in [0.2, 0.25) is 0 Å². The van der Waals surface area contributed by atoms with E-state index in [1.807, 2.05) is 45.0 Å². The number of anilines is 1. The van der Waals surface area contributed by atoms with Crippen molar-refractivity contribution in [1.82, 2.24) is 9.97 Å². The molecule has 9 heteroatoms. The molecule has 30 heavy (non-hydrogen) atoms. The van der Waals surface area contributed by atoms with Crippen LogP contribution < -0.4 is 10.9 Å². The van der Waals surface area contributed by atoms with Gasteiger partial charge in [0.15, 0.2) is 0 Å². The largest absolute Gasteiger partial charge is 0.324 e. The van der Waals surface area contributed by atoms with Crippen LogP contribution in [0.15, 0.2) is 34.0 Å². The van der Waals surface area contributed by atoms with Crippen molar-refractivity contribution in [2.75, 3.05) is 11.1 Å². The lowest BCUT2D eigenvalue weighted by molar-refractivity contribution is -0.115. The highest BCUT2D eigenvalue weighted by Crippen LogP contribution is 2.29. The number of thioether (sulfide) groups is 2. The Morgan fingerprint density at radius 2 is 2.13 bits per heavy atom. The average molecular weight is 459 g/mol. The van der Waals surface area contributed by atoms with Crippen molar-refractivity contribution in [2.24, 2.45) is 0 Å². The molecule has 2 N–H and O–H groups in total. The molecule has 1 unspecified atom stereocenters. The summed E-state index contributed by atoms with van der Waals surface area (Å²) in [6.45, 7) is 5.75. The van der Waals surface area contributed by atoms with Crippen LogP contribution in [0.25, 0.3) is 10.2 Å². The average Bonchev–Trinajstić information content (AvgIpc) is 3.01. The normalized spacial score (nSPS) is 11.9. The zero-order valence-electron chi connectivity index (χ0n) is 16.9. The Hall–Kier alpha value is -2.28. The van der Waals surface area contributed by atoms with Crippen LogP contribution in [-0.2, 0) is 10.5 Å². The van der Waals surface area contributed by atoms with Gasteiger partial charge in [0.1, 0.15) is 10.7 Å². The number of H-pyrrole nitrogens is 1. The van der Waals surface area contributed by atoms with E-state index >= 15 is 0 Å². The molecule has 2 aromatic heterocycles. The van der Waals surface area contributed by atoms with Crippen molar-refractivity contribution in [3.05, 3.63) is 50.9 Å². The number of nitrogens with one attached hydrogen (secondary N) is 2. The van der Waals surface area contributed by atoms with E-state index in [2.05, 4.69) is 21.4 Å². The fourth-order valence-corrected chi connectivity index (χ4v) is 5.45. The van der Waals surface area contributed by atoms with Gasteiger partial charge in [-0.25, -0.2) is 4.98 Å². The molecule has 0 spiro atoms. The number of rotatable bonds is 8. The Labute approximate surface area is 187 Å². The number of hydrogen-bond acceptors (Lipinski definition) is 7. The molecule has 2 heterocycles. The van der Waals surface area contributed by atoms with Gasteiger partial charge in [0, 0.05) is 21.9 Å². The molecule has 0 aliphatic heterocycles. The van der Waals surface area contributed by atoms with Crippen LogP contribution in [0, 0.1) is 25.2 Å². The molecule has 3 rings (SSSR count). The first kappa shape index (κ1) is 22.4. The van der Waals surface area contributed by atoms with Gasteiger partial charge in [-0.1, -0.05) is 12.1 Å². The lowest BCUT2D eigenvalue weighted by atomic mass is 10.2. The SMILES string of the molecule is Cc1sc2nc(CSC(C)C(=O)Nc3ccccc3SCCC#N)[nH]c(=O)c2c1C. The zero-order chi connectivity index (χ0) is 21.7. The third kappa shape index (κ3) is 5.25. The minimum absolute atomic E-state index is 0.112. The molecule has 156 valence electrons. The van der Waals surface area contributed by atoms with E-state index in [1.165, 1.54) is 23.1 Å². The van der Waals surface area contributed by atoms with Crippen molar-refractivity contribution in [2.45, 2.75) is 43.1 Å². The molecule has 0 bridgehead atoms. The van der Waals surface area contributed by atoms with Crippen LogP contribution in [-0.4, -0.2) is 26.9 Å². The Morgan fingerprint density at radius 3 is 2.90 bits per heavy atom. The van der Waals surface area contributed by atoms with Gasteiger partial charge in [-0.3, -0.25) is 9.59 Å². The number of para-hydroxylation sites is 1. The number of thiophene rings is 1. The van der Waals surface area contributed by atoms with Gasteiger partial charge in [0.05, 0.1) is 28.1 Å². The lowest BCUT2D eigenvalue weighted by Crippen LogP contribution is -2.23. The number of carbonyl (C=O) groups excluding carboxylic acids is 1. The van der Waals surface area contributed by atoms with Gasteiger partial charge in [0.2, 0.25) is 5.91 Å². The first-order valence-electron chi connectivity index (χ1n) is 9.40. The maximum atomic E-state index is 12.7. The zero-order valence-corrected chi connectivity index (χ0v) is 19.4. The van der Waals surface area contributed by atoms with Crippen molar-refractivity contribution in [3.63, 3.8) is 0 Å². The van der Waals surface area contributed by atoms with Crippen molar-refractivity contribution < 1.29 is 4.79 Å². The monoisotopic (exact) mass is 458 g/mol. The summed E-state index contributed by atoms with van der Waals surface area (Å²) in [5, 5.41) is 12.0. The fourth-order valence-electron chi connectivity index (χ4n) is 2.78. The number of nitrogens with zero attached hydrogens (tertiary/aromatic N) is 2. The van der Waals surface area contributed by atoms with Gasteiger partial charge in [-0.2, -0.15) is 5.26 Å². The molecule has 0 fully saturated rings. The molecule has 0 radical (unpaired) electrons. The Kier molecular flexibility index (Phi) is 7.58. The Balaban J connectivity index is 1.64. The molecule has 3 aromatic rings. The summed E-state index contributed by atoms with van der Waals surface area (Å²) in [4.78, 5) is 35.2. The minimum Gasteiger partial charge on any atom is -0.324 e. The number of aromatic nitrogens is 2. The molecule has 0 saturated carbocycles. The second kappa shape index (κ2) is 10.2. The second-order valence-corrected chi connectivity index (χ2v) is 10.3. The number of amides is 1. The molecular formula is C21H22N4O2S3. The third-order valence-electron chi connectivity index (χ3n) is 4.54. The van der Waals surface area contributed by atoms with E-state index < -0.39 is 0 Å².